The molecule has 0 aliphatic rings. The lowest BCUT2D eigenvalue weighted by Gasteiger charge is -2.07. The third-order valence-corrected chi connectivity index (χ3v) is 3.48. The Morgan fingerprint density at radius 3 is 2.57 bits per heavy atom. The number of hydrogen-bond acceptors (Lipinski definition) is 3. The molecule has 0 saturated heterocycles. The van der Waals surface area contributed by atoms with E-state index in [9.17, 15) is 4.79 Å². The van der Waals surface area contributed by atoms with Crippen LogP contribution in [0.1, 0.15) is 21.7 Å². The van der Waals surface area contributed by atoms with Crippen molar-refractivity contribution in [1.29, 1.82) is 0 Å². The topological polar surface area (TPSA) is 59.8 Å². The number of imidazole rings is 1. The number of carbonyl (C=O) groups is 1. The van der Waals surface area contributed by atoms with Crippen molar-refractivity contribution in [3.05, 3.63) is 53.3 Å². The molecule has 0 unspecified atom stereocenters. The van der Waals surface area contributed by atoms with E-state index >= 15 is 0 Å². The summed E-state index contributed by atoms with van der Waals surface area (Å²) in [6.45, 7) is 3.73. The van der Waals surface area contributed by atoms with Gasteiger partial charge in [0, 0.05) is 12.7 Å². The zero-order valence-electron chi connectivity index (χ0n) is 12.2. The van der Waals surface area contributed by atoms with Crippen LogP contribution in [0.25, 0.3) is 11.0 Å². The fourth-order valence-corrected chi connectivity index (χ4v) is 2.35. The molecule has 1 N–H and O–H groups in total. The van der Waals surface area contributed by atoms with Crippen LogP contribution in [0.15, 0.2) is 36.4 Å². The average molecular weight is 280 g/mol. The maximum atomic E-state index is 12.4. The number of rotatable bonds is 2. The summed E-state index contributed by atoms with van der Waals surface area (Å²) >= 11 is 0. The molecule has 0 atom stereocenters. The van der Waals surface area contributed by atoms with Gasteiger partial charge in [-0.15, -0.1) is 0 Å². The monoisotopic (exact) mass is 280 g/mol. The van der Waals surface area contributed by atoms with Gasteiger partial charge in [0.2, 0.25) is 5.95 Å². The lowest BCUT2D eigenvalue weighted by molar-refractivity contribution is 0.102. The lowest BCUT2D eigenvalue weighted by Crippen LogP contribution is -2.16. The van der Waals surface area contributed by atoms with Crippen molar-refractivity contribution in [2.45, 2.75) is 13.8 Å². The molecular formula is C16H16N4O. The summed E-state index contributed by atoms with van der Waals surface area (Å²) in [5.41, 5.74) is 4.01. The number of aryl methyl sites for hydroxylation is 3. The quantitative estimate of drug-likeness (QED) is 0.785. The van der Waals surface area contributed by atoms with E-state index in [0.717, 1.165) is 16.7 Å². The number of benzene rings is 1. The fourth-order valence-electron chi connectivity index (χ4n) is 2.35. The summed E-state index contributed by atoms with van der Waals surface area (Å²) in [4.78, 5) is 21.1. The minimum absolute atomic E-state index is 0.196. The summed E-state index contributed by atoms with van der Waals surface area (Å²) < 4.78 is 1.87. The number of nitrogens with zero attached hydrogens (tertiary/aromatic N) is 3. The molecule has 5 heteroatoms. The van der Waals surface area contributed by atoms with Crippen LogP contribution in [0.3, 0.4) is 0 Å². The number of carbonyl (C=O) groups excluding carboxylic acids is 1. The molecule has 0 bridgehead atoms. The molecule has 0 aliphatic heterocycles. The van der Waals surface area contributed by atoms with E-state index in [1.54, 1.807) is 6.07 Å². The van der Waals surface area contributed by atoms with Gasteiger partial charge in [-0.3, -0.25) is 15.1 Å². The van der Waals surface area contributed by atoms with Crippen LogP contribution in [-0.4, -0.2) is 20.4 Å². The third-order valence-electron chi connectivity index (χ3n) is 3.48. The first kappa shape index (κ1) is 13.3. The number of hydrogen-bond donors (Lipinski definition) is 1. The van der Waals surface area contributed by atoms with Gasteiger partial charge in [-0.25, -0.2) is 4.98 Å². The Morgan fingerprint density at radius 2 is 1.86 bits per heavy atom. The molecule has 2 heterocycles. The summed E-state index contributed by atoms with van der Waals surface area (Å²) in [5.74, 6) is 0.333. The number of aromatic nitrogens is 3. The second kappa shape index (κ2) is 5.01. The van der Waals surface area contributed by atoms with Crippen LogP contribution in [0.5, 0.6) is 0 Å². The van der Waals surface area contributed by atoms with Crippen LogP contribution in [0.2, 0.25) is 0 Å². The lowest BCUT2D eigenvalue weighted by atomic mass is 10.2. The van der Waals surface area contributed by atoms with Gasteiger partial charge in [-0.2, -0.15) is 0 Å². The smallest absolute Gasteiger partial charge is 0.259 e. The highest BCUT2D eigenvalue weighted by molar-refractivity contribution is 6.04. The average Bonchev–Trinajstić information content (AvgIpc) is 2.76. The summed E-state index contributed by atoms with van der Waals surface area (Å²) in [6.07, 6.45) is 0. The standard InChI is InChI=1S/C16H16N4O/c1-10-8-9-12(11(2)17-10)15(21)19-16-18-13-6-4-5-7-14(13)20(16)3/h4-9H,1-3H3,(H,18,19,21). The first-order chi connectivity index (χ1) is 10.1. The van der Waals surface area contributed by atoms with Crippen molar-refractivity contribution >= 4 is 22.9 Å². The molecule has 3 aromatic rings. The maximum absolute atomic E-state index is 12.4. The molecule has 3 rings (SSSR count). The molecule has 0 saturated carbocycles. The Hall–Kier alpha value is -2.69. The van der Waals surface area contributed by atoms with E-state index in [1.165, 1.54) is 0 Å². The first-order valence-corrected chi connectivity index (χ1v) is 6.73. The predicted octanol–water partition coefficient (Wildman–Crippen LogP) is 2.84. The summed E-state index contributed by atoms with van der Waals surface area (Å²) in [6, 6.07) is 11.4. The SMILES string of the molecule is Cc1ccc(C(=O)Nc2nc3ccccc3n2C)c(C)n1. The van der Waals surface area contributed by atoms with E-state index in [1.807, 2.05) is 55.8 Å². The molecular weight excluding hydrogens is 264 g/mol. The number of nitrogens with one attached hydrogen (secondary N) is 1. The largest absolute Gasteiger partial charge is 0.313 e. The van der Waals surface area contributed by atoms with Gasteiger partial charge in [-0.1, -0.05) is 12.1 Å². The van der Waals surface area contributed by atoms with Crippen molar-refractivity contribution in [1.82, 2.24) is 14.5 Å². The van der Waals surface area contributed by atoms with E-state index in [0.29, 0.717) is 17.2 Å². The first-order valence-electron chi connectivity index (χ1n) is 6.73. The van der Waals surface area contributed by atoms with E-state index < -0.39 is 0 Å². The molecule has 1 aromatic carbocycles. The summed E-state index contributed by atoms with van der Waals surface area (Å²) in [7, 11) is 1.88. The predicted molar refractivity (Wildman–Crippen MR) is 82.4 cm³/mol. The van der Waals surface area contributed by atoms with Crippen LogP contribution in [0.4, 0.5) is 5.95 Å². The van der Waals surface area contributed by atoms with Gasteiger partial charge < -0.3 is 4.57 Å². The third kappa shape index (κ3) is 2.38. The minimum atomic E-state index is -0.196. The number of pyridine rings is 1. The Bertz CT molecular complexity index is 835. The van der Waals surface area contributed by atoms with Crippen LogP contribution in [-0.2, 0) is 7.05 Å². The van der Waals surface area contributed by atoms with Gasteiger partial charge in [0.15, 0.2) is 0 Å². The van der Waals surface area contributed by atoms with Gasteiger partial charge in [0.1, 0.15) is 0 Å². The zero-order valence-corrected chi connectivity index (χ0v) is 12.2. The van der Waals surface area contributed by atoms with Crippen molar-refractivity contribution in [3.63, 3.8) is 0 Å². The Morgan fingerprint density at radius 1 is 1.10 bits per heavy atom. The van der Waals surface area contributed by atoms with Gasteiger partial charge in [0.25, 0.3) is 5.91 Å². The Kier molecular flexibility index (Phi) is 3.17. The van der Waals surface area contributed by atoms with Crippen LogP contribution >= 0.6 is 0 Å². The number of fused-ring (bicyclic) bond motifs is 1. The molecule has 106 valence electrons. The van der Waals surface area contributed by atoms with E-state index in [2.05, 4.69) is 15.3 Å². The molecule has 5 nitrogen and oxygen atoms in total. The van der Waals surface area contributed by atoms with E-state index in [-0.39, 0.29) is 5.91 Å². The summed E-state index contributed by atoms with van der Waals surface area (Å²) in [5, 5.41) is 2.85. The van der Waals surface area contributed by atoms with Crippen molar-refractivity contribution in [2.24, 2.45) is 7.05 Å². The second-order valence-corrected chi connectivity index (χ2v) is 5.02. The Balaban J connectivity index is 1.94. The zero-order chi connectivity index (χ0) is 15.0. The van der Waals surface area contributed by atoms with Crippen molar-refractivity contribution in [3.8, 4) is 0 Å². The minimum Gasteiger partial charge on any atom is -0.313 e. The molecule has 2 aromatic heterocycles. The molecule has 0 spiro atoms. The van der Waals surface area contributed by atoms with Gasteiger partial charge >= 0.3 is 0 Å². The molecule has 0 radical (unpaired) electrons. The molecule has 21 heavy (non-hydrogen) atoms. The highest BCUT2D eigenvalue weighted by atomic mass is 16.1. The van der Waals surface area contributed by atoms with Crippen molar-refractivity contribution in [2.75, 3.05) is 5.32 Å². The second-order valence-electron chi connectivity index (χ2n) is 5.02. The number of para-hydroxylation sites is 2. The number of anilines is 1. The Labute approximate surface area is 122 Å². The van der Waals surface area contributed by atoms with Crippen molar-refractivity contribution < 1.29 is 4.79 Å². The normalized spacial score (nSPS) is 10.8. The van der Waals surface area contributed by atoms with Gasteiger partial charge in [-0.05, 0) is 38.1 Å². The molecule has 0 fully saturated rings. The van der Waals surface area contributed by atoms with E-state index in [4.69, 9.17) is 0 Å². The fraction of sp³-hybridized carbons (Fsp3) is 0.188. The van der Waals surface area contributed by atoms with Gasteiger partial charge in [0.05, 0.1) is 22.3 Å². The maximum Gasteiger partial charge on any atom is 0.259 e. The highest BCUT2D eigenvalue weighted by Gasteiger charge is 2.14. The molecule has 1 amide bonds. The number of amides is 1. The highest BCUT2D eigenvalue weighted by Crippen LogP contribution is 2.18. The van der Waals surface area contributed by atoms with Crippen LogP contribution in [0, 0.1) is 13.8 Å². The van der Waals surface area contributed by atoms with Crippen LogP contribution < -0.4 is 5.32 Å². The molecule has 0 aliphatic carbocycles.